The fourth-order valence-electron chi connectivity index (χ4n) is 9.62. The van der Waals surface area contributed by atoms with Crippen molar-refractivity contribution in [3.63, 3.8) is 0 Å². The molecular weight excluding hydrogens is 811 g/mol. The van der Waals surface area contributed by atoms with Crippen LogP contribution < -0.4 is 0 Å². The van der Waals surface area contributed by atoms with Crippen molar-refractivity contribution >= 4 is 76.7 Å². The molecule has 0 saturated heterocycles. The van der Waals surface area contributed by atoms with E-state index < -0.39 is 0 Å². The molecule has 0 aliphatic heterocycles. The van der Waals surface area contributed by atoms with Crippen LogP contribution in [0, 0.1) is 0 Å². The van der Waals surface area contributed by atoms with Crippen LogP contribution in [0.4, 0.5) is 0 Å². The quantitative estimate of drug-likeness (QED) is 0.156. The highest BCUT2D eigenvalue weighted by molar-refractivity contribution is 7.20. The lowest BCUT2D eigenvalue weighted by Crippen LogP contribution is -1.95. The van der Waals surface area contributed by atoms with E-state index in [1.807, 2.05) is 47.7 Å². The third-order valence-electron chi connectivity index (χ3n) is 12.8. The van der Waals surface area contributed by atoms with Crippen molar-refractivity contribution in [2.45, 2.75) is 6.42 Å². The van der Waals surface area contributed by atoms with Gasteiger partial charge in [-0.1, -0.05) is 170 Å². The van der Waals surface area contributed by atoms with Crippen molar-refractivity contribution in [3.05, 3.63) is 222 Å². The second kappa shape index (κ2) is 15.2. The average Bonchev–Trinajstić information content (AvgIpc) is 3.87. The molecule has 4 nitrogen and oxygen atoms in total. The van der Waals surface area contributed by atoms with Crippen molar-refractivity contribution in [1.29, 1.82) is 0 Å². The normalized spacial score (nSPS) is 12.6. The second-order valence-electron chi connectivity index (χ2n) is 16.6. The summed E-state index contributed by atoms with van der Waals surface area (Å²) >= 11 is 1.88. The van der Waals surface area contributed by atoms with Gasteiger partial charge < -0.3 is 4.42 Å². The van der Waals surface area contributed by atoms with Crippen molar-refractivity contribution < 1.29 is 4.42 Å². The topological polar surface area (TPSA) is 51.8 Å². The summed E-state index contributed by atoms with van der Waals surface area (Å²) < 4.78 is 7.98. The molecule has 0 amide bonds. The summed E-state index contributed by atoms with van der Waals surface area (Å²) in [5.74, 6) is 0.697. The SMILES string of the molecule is C1=Cc2sc3ccc4c(-c5ccccc5)nc5ccccc5c4c3c2CC=C1c1ccc(-c2cccc3c2oc2ccc(-c4cc(-c5ccccc5)nc(-c5ccccc5)n4)cc23)cc1. The highest BCUT2D eigenvalue weighted by Gasteiger charge is 2.21. The van der Waals surface area contributed by atoms with Crippen LogP contribution in [-0.4, -0.2) is 15.0 Å². The summed E-state index contributed by atoms with van der Waals surface area (Å²) in [4.78, 5) is 16.6. The molecule has 0 saturated carbocycles. The molecule has 0 spiro atoms. The number of para-hydroxylation sites is 2. The first-order chi connectivity index (χ1) is 32.2. The zero-order valence-corrected chi connectivity index (χ0v) is 35.9. The number of hydrogen-bond acceptors (Lipinski definition) is 5. The zero-order chi connectivity index (χ0) is 42.8. The monoisotopic (exact) mass is 847 g/mol. The van der Waals surface area contributed by atoms with E-state index in [0.29, 0.717) is 5.82 Å². The predicted octanol–water partition coefficient (Wildman–Crippen LogP) is 16.3. The Hall–Kier alpha value is -8.25. The number of pyridine rings is 1. The van der Waals surface area contributed by atoms with Gasteiger partial charge in [-0.3, -0.25) is 0 Å². The number of aromatic nitrogens is 3. The Morgan fingerprint density at radius 2 is 1.12 bits per heavy atom. The molecule has 65 heavy (non-hydrogen) atoms. The van der Waals surface area contributed by atoms with Crippen LogP contribution >= 0.6 is 11.3 Å². The molecule has 0 N–H and O–H groups in total. The number of furan rings is 1. The number of rotatable bonds is 6. The smallest absolute Gasteiger partial charge is 0.160 e. The maximum Gasteiger partial charge on any atom is 0.160 e. The predicted molar refractivity (Wildman–Crippen MR) is 272 cm³/mol. The van der Waals surface area contributed by atoms with Crippen LogP contribution in [0.15, 0.2) is 211 Å². The third-order valence-corrected chi connectivity index (χ3v) is 13.9. The van der Waals surface area contributed by atoms with Gasteiger partial charge in [0, 0.05) is 69.7 Å². The van der Waals surface area contributed by atoms with Gasteiger partial charge >= 0.3 is 0 Å². The molecule has 1 aliphatic rings. The number of thiophene rings is 1. The lowest BCUT2D eigenvalue weighted by Gasteiger charge is -2.12. The van der Waals surface area contributed by atoms with E-state index in [1.54, 1.807) is 0 Å². The van der Waals surface area contributed by atoms with Gasteiger partial charge in [-0.25, -0.2) is 15.0 Å². The molecule has 0 atom stereocenters. The van der Waals surface area contributed by atoms with E-state index in [-0.39, 0.29) is 0 Å². The van der Waals surface area contributed by atoms with Crippen LogP contribution in [0.2, 0.25) is 0 Å². The molecular formula is C60H37N3OS. The Bertz CT molecular complexity index is 3830. The molecule has 13 rings (SSSR count). The molecule has 4 aromatic heterocycles. The Balaban J connectivity index is 0.847. The first-order valence-electron chi connectivity index (χ1n) is 22.0. The Morgan fingerprint density at radius 3 is 1.92 bits per heavy atom. The summed E-state index contributed by atoms with van der Waals surface area (Å²) in [5, 5.41) is 7.15. The van der Waals surface area contributed by atoms with Crippen molar-refractivity contribution in [1.82, 2.24) is 15.0 Å². The van der Waals surface area contributed by atoms with Crippen LogP contribution in [0.3, 0.4) is 0 Å². The van der Waals surface area contributed by atoms with Gasteiger partial charge in [-0.2, -0.15) is 0 Å². The second-order valence-corrected chi connectivity index (χ2v) is 17.7. The molecule has 12 aromatic rings. The average molecular weight is 848 g/mol. The van der Waals surface area contributed by atoms with Crippen LogP contribution in [0.1, 0.15) is 16.0 Å². The zero-order valence-electron chi connectivity index (χ0n) is 35.1. The molecule has 4 heterocycles. The van der Waals surface area contributed by atoms with Gasteiger partial charge in [0.05, 0.1) is 22.6 Å². The lowest BCUT2D eigenvalue weighted by atomic mass is 9.94. The molecule has 0 radical (unpaired) electrons. The van der Waals surface area contributed by atoms with Gasteiger partial charge in [0.15, 0.2) is 5.82 Å². The van der Waals surface area contributed by atoms with Crippen molar-refractivity contribution in [3.8, 4) is 56.3 Å². The number of benzene rings is 8. The van der Waals surface area contributed by atoms with E-state index in [9.17, 15) is 0 Å². The largest absolute Gasteiger partial charge is 0.455 e. The summed E-state index contributed by atoms with van der Waals surface area (Å²) in [7, 11) is 0. The standard InChI is InChI=1S/C60H37N3OS/c1-4-13-40(14-5-1)51-36-52(63-60(62-51)42-17-8-3-9-18-42)43-28-32-53-49(35-43)45-21-12-20-44(59(45)64-53)39-25-23-37(24-26-39)38-27-30-47-54(33-29-38)65-55-34-31-48-56(57(47)55)46-19-10-11-22-50(46)61-58(48)41-15-6-2-7-16-41/h1-29,31-36H,30H2. The van der Waals surface area contributed by atoms with Gasteiger partial charge in [-0.05, 0) is 71.2 Å². The molecule has 1 aliphatic carbocycles. The van der Waals surface area contributed by atoms with Crippen molar-refractivity contribution in [2.24, 2.45) is 0 Å². The van der Waals surface area contributed by atoms with Crippen molar-refractivity contribution in [2.75, 3.05) is 0 Å². The summed E-state index contributed by atoms with van der Waals surface area (Å²) in [6.07, 6.45) is 7.83. The van der Waals surface area contributed by atoms with Gasteiger partial charge in [0.1, 0.15) is 11.2 Å². The number of fused-ring (bicyclic) bond motifs is 10. The minimum atomic E-state index is 0.697. The fourth-order valence-corrected chi connectivity index (χ4v) is 10.8. The summed E-state index contributed by atoms with van der Waals surface area (Å²) in [5.41, 5.74) is 15.6. The van der Waals surface area contributed by atoms with E-state index in [0.717, 1.165) is 84.3 Å². The molecule has 0 bridgehead atoms. The van der Waals surface area contributed by atoms with E-state index in [4.69, 9.17) is 19.4 Å². The first kappa shape index (κ1) is 37.3. The number of allylic oxidation sites excluding steroid dienone is 3. The molecule has 8 aromatic carbocycles. The fraction of sp³-hybridized carbons (Fsp3) is 0.0167. The van der Waals surface area contributed by atoms with Crippen LogP contribution in [0.5, 0.6) is 0 Å². The summed E-state index contributed by atoms with van der Waals surface area (Å²) in [6, 6.07) is 68.0. The van der Waals surface area contributed by atoms with Crippen LogP contribution in [-0.2, 0) is 6.42 Å². The summed E-state index contributed by atoms with van der Waals surface area (Å²) in [6.45, 7) is 0. The third kappa shape index (κ3) is 6.39. The first-order valence-corrected chi connectivity index (χ1v) is 22.8. The molecule has 304 valence electrons. The minimum absolute atomic E-state index is 0.697. The number of hydrogen-bond donors (Lipinski definition) is 0. The van der Waals surface area contributed by atoms with Crippen LogP contribution in [0.25, 0.3) is 122 Å². The molecule has 0 fully saturated rings. The van der Waals surface area contributed by atoms with Gasteiger partial charge in [0.25, 0.3) is 0 Å². The van der Waals surface area contributed by atoms with Gasteiger partial charge in [0.2, 0.25) is 0 Å². The van der Waals surface area contributed by atoms with Gasteiger partial charge in [-0.15, -0.1) is 11.3 Å². The maximum atomic E-state index is 6.67. The van der Waals surface area contributed by atoms with E-state index in [2.05, 4.69) is 176 Å². The maximum absolute atomic E-state index is 6.67. The number of nitrogens with zero attached hydrogens (tertiary/aromatic N) is 3. The van der Waals surface area contributed by atoms with E-state index >= 15 is 0 Å². The highest BCUT2D eigenvalue weighted by atomic mass is 32.1. The Kier molecular flexibility index (Phi) is 8.74. The lowest BCUT2D eigenvalue weighted by molar-refractivity contribution is 0.670. The Morgan fingerprint density at radius 1 is 0.446 bits per heavy atom. The Labute approximate surface area is 379 Å². The molecule has 0 unspecified atom stereocenters. The highest BCUT2D eigenvalue weighted by Crippen LogP contribution is 2.45. The van der Waals surface area contributed by atoms with E-state index in [1.165, 1.54) is 47.8 Å². The minimum Gasteiger partial charge on any atom is -0.455 e. The molecule has 5 heteroatoms.